The molecular formula is C17H19FN2O2. The van der Waals surface area contributed by atoms with Crippen molar-refractivity contribution in [3.05, 3.63) is 40.8 Å². The smallest absolute Gasteiger partial charge is 0.303 e. The molecule has 22 heavy (non-hydrogen) atoms. The van der Waals surface area contributed by atoms with E-state index in [0.29, 0.717) is 11.9 Å². The standard InChI is InChI=1S/C17H19FN2O2/c1-2-20-9-8-15-13(10-20)11(6-7-16(21)22)12-4-3-5-14(18)17(12)19-15/h3-5H,2,6-10H2,1H3,(H,21,22). The molecule has 1 aliphatic rings. The predicted octanol–water partition coefficient (Wildman–Crippen LogP) is 2.77. The van der Waals surface area contributed by atoms with Crippen molar-refractivity contribution in [2.45, 2.75) is 32.7 Å². The van der Waals surface area contributed by atoms with E-state index in [1.807, 2.05) is 6.07 Å². The summed E-state index contributed by atoms with van der Waals surface area (Å²) in [6.07, 6.45) is 1.25. The lowest BCUT2D eigenvalue weighted by molar-refractivity contribution is -0.136. The molecule has 0 atom stereocenters. The van der Waals surface area contributed by atoms with Crippen LogP contribution in [0.15, 0.2) is 18.2 Å². The third kappa shape index (κ3) is 2.68. The lowest BCUT2D eigenvalue weighted by Crippen LogP contribution is -2.32. The summed E-state index contributed by atoms with van der Waals surface area (Å²) in [7, 11) is 0. The molecule has 4 nitrogen and oxygen atoms in total. The molecule has 0 radical (unpaired) electrons. The third-order valence-electron chi connectivity index (χ3n) is 4.35. The number of aliphatic carboxylic acids is 1. The van der Waals surface area contributed by atoms with Crippen LogP contribution >= 0.6 is 0 Å². The summed E-state index contributed by atoms with van der Waals surface area (Å²) in [5.74, 6) is -1.17. The van der Waals surface area contributed by atoms with Crippen LogP contribution < -0.4 is 0 Å². The minimum absolute atomic E-state index is 0.0498. The topological polar surface area (TPSA) is 53.4 Å². The van der Waals surface area contributed by atoms with Gasteiger partial charge in [-0.05, 0) is 30.2 Å². The Morgan fingerprint density at radius 1 is 1.45 bits per heavy atom. The number of para-hydroxylation sites is 1. The van der Waals surface area contributed by atoms with Crippen LogP contribution in [0.2, 0.25) is 0 Å². The molecule has 0 saturated heterocycles. The highest BCUT2D eigenvalue weighted by molar-refractivity contribution is 5.85. The van der Waals surface area contributed by atoms with Gasteiger partial charge in [-0.2, -0.15) is 0 Å². The maximum absolute atomic E-state index is 14.1. The molecule has 0 fully saturated rings. The van der Waals surface area contributed by atoms with E-state index in [2.05, 4.69) is 16.8 Å². The first-order valence-corrected chi connectivity index (χ1v) is 7.63. The number of pyridine rings is 1. The number of aryl methyl sites for hydroxylation is 1. The second kappa shape index (κ2) is 6.01. The molecule has 0 aliphatic carbocycles. The maximum atomic E-state index is 14.1. The predicted molar refractivity (Wildman–Crippen MR) is 82.3 cm³/mol. The highest BCUT2D eigenvalue weighted by Crippen LogP contribution is 2.30. The van der Waals surface area contributed by atoms with Gasteiger partial charge in [-0.3, -0.25) is 9.69 Å². The van der Waals surface area contributed by atoms with E-state index in [0.717, 1.165) is 48.3 Å². The lowest BCUT2D eigenvalue weighted by Gasteiger charge is -2.29. The van der Waals surface area contributed by atoms with E-state index in [9.17, 15) is 9.18 Å². The van der Waals surface area contributed by atoms with E-state index in [1.54, 1.807) is 6.07 Å². The van der Waals surface area contributed by atoms with Gasteiger partial charge in [-0.15, -0.1) is 0 Å². The van der Waals surface area contributed by atoms with Gasteiger partial charge in [-0.1, -0.05) is 19.1 Å². The van der Waals surface area contributed by atoms with Gasteiger partial charge in [0.05, 0.1) is 0 Å². The number of aromatic nitrogens is 1. The zero-order valence-electron chi connectivity index (χ0n) is 12.6. The minimum Gasteiger partial charge on any atom is -0.481 e. The zero-order chi connectivity index (χ0) is 15.7. The van der Waals surface area contributed by atoms with Crippen LogP contribution in [0.5, 0.6) is 0 Å². The van der Waals surface area contributed by atoms with Gasteiger partial charge in [0.15, 0.2) is 0 Å². The SMILES string of the molecule is CCN1CCc2nc3c(F)cccc3c(CCC(=O)O)c2C1. The molecule has 116 valence electrons. The summed E-state index contributed by atoms with van der Waals surface area (Å²) in [6.45, 7) is 4.73. The fraction of sp³-hybridized carbons (Fsp3) is 0.412. The van der Waals surface area contributed by atoms with Crippen LogP contribution in [0.1, 0.15) is 30.2 Å². The Bertz CT molecular complexity index is 730. The molecule has 0 unspecified atom stereocenters. The summed E-state index contributed by atoms with van der Waals surface area (Å²) in [4.78, 5) is 17.8. The quantitative estimate of drug-likeness (QED) is 0.943. The Morgan fingerprint density at radius 3 is 3.00 bits per heavy atom. The van der Waals surface area contributed by atoms with Gasteiger partial charge in [0.1, 0.15) is 11.3 Å². The van der Waals surface area contributed by atoms with Crippen molar-refractivity contribution in [1.82, 2.24) is 9.88 Å². The normalized spacial score (nSPS) is 15.0. The summed E-state index contributed by atoms with van der Waals surface area (Å²) in [5, 5.41) is 9.75. The van der Waals surface area contributed by atoms with E-state index >= 15 is 0 Å². The lowest BCUT2D eigenvalue weighted by atomic mass is 9.93. The average Bonchev–Trinajstić information content (AvgIpc) is 2.51. The summed E-state index contributed by atoms with van der Waals surface area (Å²) < 4.78 is 14.1. The molecule has 1 aliphatic heterocycles. The molecule has 0 bridgehead atoms. The minimum atomic E-state index is -0.835. The number of fused-ring (bicyclic) bond motifs is 2. The van der Waals surface area contributed by atoms with Gasteiger partial charge in [0.25, 0.3) is 0 Å². The van der Waals surface area contributed by atoms with Crippen LogP contribution in [0.4, 0.5) is 4.39 Å². The van der Waals surface area contributed by atoms with Gasteiger partial charge >= 0.3 is 5.97 Å². The fourth-order valence-corrected chi connectivity index (χ4v) is 3.16. The van der Waals surface area contributed by atoms with Crippen molar-refractivity contribution in [2.24, 2.45) is 0 Å². The van der Waals surface area contributed by atoms with Gasteiger partial charge < -0.3 is 5.11 Å². The van der Waals surface area contributed by atoms with Gasteiger partial charge in [0.2, 0.25) is 0 Å². The van der Waals surface area contributed by atoms with E-state index < -0.39 is 5.97 Å². The number of carbonyl (C=O) groups is 1. The fourth-order valence-electron chi connectivity index (χ4n) is 3.16. The van der Waals surface area contributed by atoms with Crippen molar-refractivity contribution >= 4 is 16.9 Å². The summed E-state index contributed by atoms with van der Waals surface area (Å²) in [6, 6.07) is 4.91. The molecule has 1 aromatic carbocycles. The first-order chi connectivity index (χ1) is 10.6. The molecule has 2 heterocycles. The monoisotopic (exact) mass is 302 g/mol. The van der Waals surface area contributed by atoms with Crippen molar-refractivity contribution in [3.8, 4) is 0 Å². The number of hydrogen-bond acceptors (Lipinski definition) is 3. The Hall–Kier alpha value is -2.01. The van der Waals surface area contributed by atoms with Gasteiger partial charge in [-0.25, -0.2) is 9.37 Å². The van der Waals surface area contributed by atoms with Gasteiger partial charge in [0, 0.05) is 37.0 Å². The van der Waals surface area contributed by atoms with E-state index in [-0.39, 0.29) is 12.2 Å². The van der Waals surface area contributed by atoms with Crippen molar-refractivity contribution in [1.29, 1.82) is 0 Å². The van der Waals surface area contributed by atoms with Crippen molar-refractivity contribution in [2.75, 3.05) is 13.1 Å². The number of carboxylic acid groups (broad SMARTS) is 1. The molecule has 2 aromatic rings. The molecule has 1 N–H and O–H groups in total. The maximum Gasteiger partial charge on any atom is 0.303 e. The molecule has 0 saturated carbocycles. The van der Waals surface area contributed by atoms with Crippen LogP contribution in [0, 0.1) is 5.82 Å². The van der Waals surface area contributed by atoms with Crippen molar-refractivity contribution < 1.29 is 14.3 Å². The van der Waals surface area contributed by atoms with Crippen LogP contribution in [0.25, 0.3) is 10.9 Å². The first kappa shape index (κ1) is 14.9. The molecular weight excluding hydrogens is 283 g/mol. The number of nitrogens with zero attached hydrogens (tertiary/aromatic N) is 2. The summed E-state index contributed by atoms with van der Waals surface area (Å²) >= 11 is 0. The molecule has 5 heteroatoms. The zero-order valence-corrected chi connectivity index (χ0v) is 12.6. The van der Waals surface area contributed by atoms with Crippen molar-refractivity contribution in [3.63, 3.8) is 0 Å². The Balaban J connectivity index is 2.17. The Labute approximate surface area is 128 Å². The summed E-state index contributed by atoms with van der Waals surface area (Å²) in [5.41, 5.74) is 3.32. The number of likely N-dealkylation sites (N-methyl/N-ethyl adjacent to an activating group) is 1. The second-order valence-electron chi connectivity index (χ2n) is 5.66. The molecule has 0 amide bonds. The Morgan fingerprint density at radius 2 is 2.27 bits per heavy atom. The van der Waals surface area contributed by atoms with E-state index in [1.165, 1.54) is 6.07 Å². The van der Waals surface area contributed by atoms with Crippen LogP contribution in [-0.4, -0.2) is 34.0 Å². The number of rotatable bonds is 4. The van der Waals surface area contributed by atoms with Crippen LogP contribution in [0.3, 0.4) is 0 Å². The molecule has 1 aromatic heterocycles. The number of benzene rings is 1. The van der Waals surface area contributed by atoms with E-state index in [4.69, 9.17) is 5.11 Å². The highest BCUT2D eigenvalue weighted by atomic mass is 19.1. The number of carboxylic acids is 1. The average molecular weight is 302 g/mol. The number of hydrogen-bond donors (Lipinski definition) is 1. The largest absolute Gasteiger partial charge is 0.481 e. The van der Waals surface area contributed by atoms with Crippen LogP contribution in [-0.2, 0) is 24.2 Å². The second-order valence-corrected chi connectivity index (χ2v) is 5.66. The highest BCUT2D eigenvalue weighted by Gasteiger charge is 2.22. The number of halogens is 1. The Kier molecular flexibility index (Phi) is 4.07. The third-order valence-corrected chi connectivity index (χ3v) is 4.35. The molecule has 3 rings (SSSR count). The molecule has 0 spiro atoms. The first-order valence-electron chi connectivity index (χ1n) is 7.63.